The summed E-state index contributed by atoms with van der Waals surface area (Å²) in [6.07, 6.45) is -0.108. The molecule has 154 valence electrons. The average molecular weight is 406 g/mol. The number of carbonyl (C=O) groups is 4. The average Bonchev–Trinajstić information content (AvgIpc) is 2.91. The molecule has 3 aliphatic rings. The van der Waals surface area contributed by atoms with E-state index in [2.05, 4.69) is 16.0 Å². The van der Waals surface area contributed by atoms with Gasteiger partial charge in [-0.3, -0.25) is 29.4 Å². The number of halogens is 2. The molecule has 4 rings (SSSR count). The number of carbonyl (C=O) groups excluding carboxylic acids is 4. The van der Waals surface area contributed by atoms with Crippen LogP contribution < -0.4 is 16.0 Å². The second-order valence-electron chi connectivity index (χ2n) is 7.50. The van der Waals surface area contributed by atoms with Crippen molar-refractivity contribution in [3.63, 3.8) is 0 Å². The van der Waals surface area contributed by atoms with Crippen molar-refractivity contribution in [1.82, 2.24) is 15.5 Å². The minimum absolute atomic E-state index is 0.0117. The Kier molecular flexibility index (Phi) is 4.81. The maximum atomic E-state index is 14.0. The van der Waals surface area contributed by atoms with Gasteiger partial charge in [-0.05, 0) is 24.6 Å². The van der Waals surface area contributed by atoms with E-state index in [4.69, 9.17) is 0 Å². The van der Waals surface area contributed by atoms with E-state index in [1.54, 1.807) is 6.07 Å². The van der Waals surface area contributed by atoms with E-state index < -0.39 is 41.5 Å². The Balaban J connectivity index is 1.50. The van der Waals surface area contributed by atoms with Crippen molar-refractivity contribution in [2.24, 2.45) is 5.92 Å². The summed E-state index contributed by atoms with van der Waals surface area (Å²) in [6, 6.07) is 3.40. The van der Waals surface area contributed by atoms with E-state index in [1.165, 1.54) is 12.1 Å². The molecule has 0 radical (unpaired) electrons. The van der Waals surface area contributed by atoms with E-state index in [9.17, 15) is 28.0 Å². The van der Waals surface area contributed by atoms with Gasteiger partial charge >= 0.3 is 0 Å². The van der Waals surface area contributed by atoms with E-state index >= 15 is 0 Å². The molecular weight excluding hydrogens is 386 g/mol. The molecule has 2 saturated heterocycles. The summed E-state index contributed by atoms with van der Waals surface area (Å²) in [5.41, 5.74) is 0.699. The second-order valence-corrected chi connectivity index (χ2v) is 7.50. The Morgan fingerprint density at radius 1 is 1.14 bits per heavy atom. The number of piperidine rings is 2. The molecule has 10 heteroatoms. The number of hydrogen-bond donors (Lipinski definition) is 3. The first-order valence-electron chi connectivity index (χ1n) is 9.46. The van der Waals surface area contributed by atoms with Crippen LogP contribution in [0.1, 0.15) is 40.0 Å². The van der Waals surface area contributed by atoms with Crippen LogP contribution in [0.3, 0.4) is 0 Å². The number of benzene rings is 1. The van der Waals surface area contributed by atoms with Gasteiger partial charge in [0.2, 0.25) is 11.8 Å². The molecule has 29 heavy (non-hydrogen) atoms. The number of alkyl halides is 2. The molecule has 0 aliphatic carbocycles. The van der Waals surface area contributed by atoms with Crippen LogP contribution in [0.25, 0.3) is 0 Å². The smallest absolute Gasteiger partial charge is 0.262 e. The fourth-order valence-corrected chi connectivity index (χ4v) is 3.93. The Morgan fingerprint density at radius 3 is 2.62 bits per heavy atom. The Morgan fingerprint density at radius 2 is 1.90 bits per heavy atom. The maximum absolute atomic E-state index is 14.0. The highest BCUT2D eigenvalue weighted by molar-refractivity contribution is 6.23. The highest BCUT2D eigenvalue weighted by Gasteiger charge is 2.45. The molecule has 1 aromatic rings. The van der Waals surface area contributed by atoms with Crippen LogP contribution >= 0.6 is 0 Å². The van der Waals surface area contributed by atoms with Crippen LogP contribution in [0.2, 0.25) is 0 Å². The number of rotatable bonds is 4. The molecule has 1 aromatic carbocycles. The number of anilines is 1. The first-order valence-corrected chi connectivity index (χ1v) is 9.46. The van der Waals surface area contributed by atoms with Gasteiger partial charge in [-0.2, -0.15) is 0 Å². The van der Waals surface area contributed by atoms with Crippen LogP contribution in [-0.4, -0.2) is 60.1 Å². The first-order chi connectivity index (χ1) is 13.8. The molecular formula is C19H20F2N4O4. The summed E-state index contributed by atoms with van der Waals surface area (Å²) in [5.74, 6) is -6.02. The van der Waals surface area contributed by atoms with Crippen molar-refractivity contribution in [2.75, 3.05) is 25.0 Å². The van der Waals surface area contributed by atoms with E-state index in [-0.39, 0.29) is 50.0 Å². The van der Waals surface area contributed by atoms with Crippen LogP contribution in [0.4, 0.5) is 14.5 Å². The van der Waals surface area contributed by atoms with Gasteiger partial charge < -0.3 is 10.6 Å². The molecule has 3 N–H and O–H groups in total. The van der Waals surface area contributed by atoms with E-state index in [0.29, 0.717) is 5.69 Å². The summed E-state index contributed by atoms with van der Waals surface area (Å²) in [4.78, 5) is 49.7. The molecule has 8 nitrogen and oxygen atoms in total. The minimum Gasteiger partial charge on any atom is -0.384 e. The third-order valence-electron chi connectivity index (χ3n) is 5.62. The third kappa shape index (κ3) is 3.48. The quantitative estimate of drug-likeness (QED) is 0.637. The largest absolute Gasteiger partial charge is 0.384 e. The molecule has 0 spiro atoms. The highest BCUT2D eigenvalue weighted by atomic mass is 19.3. The van der Waals surface area contributed by atoms with Gasteiger partial charge in [0.05, 0.1) is 17.0 Å². The number of imide groups is 2. The summed E-state index contributed by atoms with van der Waals surface area (Å²) in [6.45, 7) is 0.471. The zero-order valence-electron chi connectivity index (χ0n) is 15.5. The zero-order valence-corrected chi connectivity index (χ0v) is 15.5. The van der Waals surface area contributed by atoms with E-state index in [1.807, 2.05) is 0 Å². The second kappa shape index (κ2) is 7.18. The number of hydrogen-bond acceptors (Lipinski definition) is 6. The van der Waals surface area contributed by atoms with Crippen LogP contribution in [0.15, 0.2) is 18.2 Å². The van der Waals surface area contributed by atoms with Gasteiger partial charge in [-0.1, -0.05) is 0 Å². The van der Waals surface area contributed by atoms with Crippen molar-refractivity contribution in [3.8, 4) is 0 Å². The maximum Gasteiger partial charge on any atom is 0.262 e. The zero-order chi connectivity index (χ0) is 20.8. The predicted molar refractivity (Wildman–Crippen MR) is 97.5 cm³/mol. The van der Waals surface area contributed by atoms with Crippen LogP contribution in [0, 0.1) is 5.92 Å². The van der Waals surface area contributed by atoms with Gasteiger partial charge in [0.15, 0.2) is 0 Å². The molecule has 2 atom stereocenters. The van der Waals surface area contributed by atoms with Crippen LogP contribution in [-0.2, 0) is 9.59 Å². The summed E-state index contributed by atoms with van der Waals surface area (Å²) >= 11 is 0. The molecule has 0 aromatic heterocycles. The predicted octanol–water partition coefficient (Wildman–Crippen LogP) is 0.744. The normalized spacial score (nSPS) is 26.3. The third-order valence-corrected chi connectivity index (χ3v) is 5.62. The molecule has 3 aliphatic heterocycles. The summed E-state index contributed by atoms with van der Waals surface area (Å²) < 4.78 is 28.0. The van der Waals surface area contributed by atoms with Gasteiger partial charge in [0.25, 0.3) is 17.7 Å². The van der Waals surface area contributed by atoms with Crippen molar-refractivity contribution in [2.45, 2.75) is 31.2 Å². The molecule has 2 unspecified atom stereocenters. The van der Waals surface area contributed by atoms with Crippen molar-refractivity contribution in [3.05, 3.63) is 29.3 Å². The van der Waals surface area contributed by atoms with E-state index in [0.717, 1.165) is 4.90 Å². The van der Waals surface area contributed by atoms with Gasteiger partial charge in [0, 0.05) is 38.2 Å². The summed E-state index contributed by atoms with van der Waals surface area (Å²) in [7, 11) is 0. The molecule has 2 fully saturated rings. The highest BCUT2D eigenvalue weighted by Crippen LogP contribution is 2.32. The topological polar surface area (TPSA) is 108 Å². The number of amides is 4. The lowest BCUT2D eigenvalue weighted by molar-refractivity contribution is -0.136. The molecule has 3 heterocycles. The Hall–Kier alpha value is -2.88. The fraction of sp³-hybridized carbons (Fsp3) is 0.474. The lowest BCUT2D eigenvalue weighted by Gasteiger charge is -2.32. The number of nitrogens with one attached hydrogen (secondary N) is 3. The van der Waals surface area contributed by atoms with Gasteiger partial charge in [-0.25, -0.2) is 8.78 Å². The Labute approximate surface area is 165 Å². The minimum atomic E-state index is -2.77. The number of nitrogens with zero attached hydrogens (tertiary/aromatic N) is 1. The van der Waals surface area contributed by atoms with Crippen molar-refractivity contribution >= 4 is 29.3 Å². The summed E-state index contributed by atoms with van der Waals surface area (Å²) in [5, 5.41) is 8.00. The number of fused-ring (bicyclic) bond motifs is 1. The monoisotopic (exact) mass is 406 g/mol. The van der Waals surface area contributed by atoms with Gasteiger partial charge in [-0.15, -0.1) is 0 Å². The first kappa shape index (κ1) is 19.4. The molecule has 0 bridgehead atoms. The molecule has 0 saturated carbocycles. The standard InChI is InChI=1S/C19H20F2N4O4/c20-19(21)5-6-22-8-10(19)9-23-11-1-2-12-13(7-11)18(29)25(17(12)28)14-3-4-15(26)24-16(14)27/h1-2,7,10,14,22-23H,3-6,8-9H2,(H,24,26,27). The van der Waals surface area contributed by atoms with Gasteiger partial charge in [0.1, 0.15) is 6.04 Å². The molecule has 4 amide bonds. The van der Waals surface area contributed by atoms with Crippen molar-refractivity contribution < 1.29 is 28.0 Å². The fourth-order valence-electron chi connectivity index (χ4n) is 3.93. The SMILES string of the molecule is O=C1CCC(N2C(=O)c3ccc(NCC4CNCCC4(F)F)cc3C2=O)C(=O)N1. The lowest BCUT2D eigenvalue weighted by Crippen LogP contribution is -2.54. The van der Waals surface area contributed by atoms with Crippen molar-refractivity contribution in [1.29, 1.82) is 0 Å². The Bertz CT molecular complexity index is 904. The lowest BCUT2D eigenvalue weighted by atomic mass is 9.94. The van der Waals surface area contributed by atoms with Crippen LogP contribution in [0.5, 0.6) is 0 Å².